The van der Waals surface area contributed by atoms with Gasteiger partial charge in [0.25, 0.3) is 0 Å². The Hall–Kier alpha value is -1.43. The molecule has 0 saturated carbocycles. The van der Waals surface area contributed by atoms with Crippen LogP contribution in [0.2, 0.25) is 0 Å². The SMILES string of the molecule is CC#CCc1nccc(F)n1. The molecule has 1 rings (SSSR count). The van der Waals surface area contributed by atoms with E-state index in [1.165, 1.54) is 12.3 Å². The molecule has 2 nitrogen and oxygen atoms in total. The summed E-state index contributed by atoms with van der Waals surface area (Å²) in [4.78, 5) is 7.35. The van der Waals surface area contributed by atoms with Gasteiger partial charge in [-0.1, -0.05) is 5.92 Å². The van der Waals surface area contributed by atoms with Gasteiger partial charge < -0.3 is 0 Å². The fourth-order valence-electron chi connectivity index (χ4n) is 0.627. The predicted molar refractivity (Wildman–Crippen MR) is 39.1 cm³/mol. The van der Waals surface area contributed by atoms with Crippen molar-refractivity contribution in [1.29, 1.82) is 0 Å². The number of nitrogens with zero attached hydrogens (tertiary/aromatic N) is 2. The molecule has 0 atom stereocenters. The molecule has 0 saturated heterocycles. The first-order valence-electron chi connectivity index (χ1n) is 3.20. The highest BCUT2D eigenvalue weighted by molar-refractivity contribution is 5.05. The lowest BCUT2D eigenvalue weighted by molar-refractivity contribution is 0.572. The largest absolute Gasteiger partial charge is 0.240 e. The molecule has 0 spiro atoms. The second-order valence-corrected chi connectivity index (χ2v) is 1.90. The summed E-state index contributed by atoms with van der Waals surface area (Å²) in [6.07, 6.45) is 1.79. The molecule has 56 valence electrons. The Labute approximate surface area is 64.5 Å². The van der Waals surface area contributed by atoms with Gasteiger partial charge in [0.1, 0.15) is 5.82 Å². The lowest BCUT2D eigenvalue weighted by Crippen LogP contribution is -1.94. The van der Waals surface area contributed by atoms with Crippen LogP contribution in [0.25, 0.3) is 0 Å². The number of hydrogen-bond donors (Lipinski definition) is 0. The van der Waals surface area contributed by atoms with E-state index in [2.05, 4.69) is 21.8 Å². The zero-order chi connectivity index (χ0) is 8.10. The highest BCUT2D eigenvalue weighted by Gasteiger charge is 1.94. The van der Waals surface area contributed by atoms with Gasteiger partial charge in [0.2, 0.25) is 5.95 Å². The summed E-state index contributed by atoms with van der Waals surface area (Å²) < 4.78 is 12.4. The van der Waals surface area contributed by atoms with Gasteiger partial charge in [0.15, 0.2) is 0 Å². The zero-order valence-corrected chi connectivity index (χ0v) is 6.13. The third-order valence-electron chi connectivity index (χ3n) is 1.09. The van der Waals surface area contributed by atoms with Gasteiger partial charge in [-0.3, -0.25) is 0 Å². The Morgan fingerprint density at radius 2 is 2.45 bits per heavy atom. The summed E-state index contributed by atoms with van der Waals surface area (Å²) in [6, 6.07) is 1.21. The zero-order valence-electron chi connectivity index (χ0n) is 6.13. The van der Waals surface area contributed by atoms with Crippen LogP contribution in [0.3, 0.4) is 0 Å². The molecule has 0 amide bonds. The average Bonchev–Trinajstić information content (AvgIpc) is 2.01. The van der Waals surface area contributed by atoms with E-state index in [0.717, 1.165) is 0 Å². The van der Waals surface area contributed by atoms with Gasteiger partial charge >= 0.3 is 0 Å². The van der Waals surface area contributed by atoms with Crippen LogP contribution in [0, 0.1) is 17.8 Å². The molecular weight excluding hydrogens is 143 g/mol. The van der Waals surface area contributed by atoms with Crippen molar-refractivity contribution < 1.29 is 4.39 Å². The first-order valence-corrected chi connectivity index (χ1v) is 3.20. The highest BCUT2D eigenvalue weighted by Crippen LogP contribution is 1.92. The number of halogens is 1. The van der Waals surface area contributed by atoms with E-state index in [1.807, 2.05) is 0 Å². The third kappa shape index (κ3) is 2.34. The third-order valence-corrected chi connectivity index (χ3v) is 1.09. The molecule has 11 heavy (non-hydrogen) atoms. The summed E-state index contributed by atoms with van der Waals surface area (Å²) in [5, 5.41) is 0. The van der Waals surface area contributed by atoms with Crippen LogP contribution >= 0.6 is 0 Å². The van der Waals surface area contributed by atoms with Crippen molar-refractivity contribution in [1.82, 2.24) is 9.97 Å². The van der Waals surface area contributed by atoms with Crippen LogP contribution in [-0.2, 0) is 6.42 Å². The Bertz CT molecular complexity index is 298. The molecule has 1 aromatic heterocycles. The van der Waals surface area contributed by atoms with E-state index >= 15 is 0 Å². The van der Waals surface area contributed by atoms with Crippen LogP contribution in [0.1, 0.15) is 12.7 Å². The monoisotopic (exact) mass is 150 g/mol. The Morgan fingerprint density at radius 1 is 1.64 bits per heavy atom. The fourth-order valence-corrected chi connectivity index (χ4v) is 0.627. The minimum atomic E-state index is -0.507. The normalized spacial score (nSPS) is 8.55. The molecule has 3 heteroatoms. The molecule has 0 radical (unpaired) electrons. The Kier molecular flexibility index (Phi) is 2.56. The lowest BCUT2D eigenvalue weighted by atomic mass is 10.4. The molecule has 0 aliphatic rings. The maximum Gasteiger partial charge on any atom is 0.216 e. The molecule has 0 aliphatic heterocycles. The Balaban J connectivity index is 2.76. The van der Waals surface area contributed by atoms with Crippen LogP contribution in [0.5, 0.6) is 0 Å². The second-order valence-electron chi connectivity index (χ2n) is 1.90. The van der Waals surface area contributed by atoms with Crippen LogP contribution in [0.4, 0.5) is 4.39 Å². The molecule has 0 fully saturated rings. The summed E-state index contributed by atoms with van der Waals surface area (Å²) in [5.74, 6) is 5.36. The van der Waals surface area contributed by atoms with E-state index in [9.17, 15) is 4.39 Å². The second kappa shape index (κ2) is 3.67. The number of aromatic nitrogens is 2. The average molecular weight is 150 g/mol. The van der Waals surface area contributed by atoms with E-state index in [0.29, 0.717) is 12.2 Å². The van der Waals surface area contributed by atoms with Crippen molar-refractivity contribution in [3.8, 4) is 11.8 Å². The first-order chi connectivity index (χ1) is 5.33. The molecule has 1 aromatic rings. The smallest absolute Gasteiger partial charge is 0.216 e. The molecule has 1 heterocycles. The van der Waals surface area contributed by atoms with Gasteiger partial charge in [-0.15, -0.1) is 5.92 Å². The summed E-state index contributed by atoms with van der Waals surface area (Å²) >= 11 is 0. The Morgan fingerprint density at radius 3 is 3.09 bits per heavy atom. The van der Waals surface area contributed by atoms with Gasteiger partial charge in [-0.05, 0) is 6.92 Å². The highest BCUT2D eigenvalue weighted by atomic mass is 19.1. The topological polar surface area (TPSA) is 25.8 Å². The molecule has 0 unspecified atom stereocenters. The first kappa shape index (κ1) is 7.67. The van der Waals surface area contributed by atoms with Gasteiger partial charge in [-0.2, -0.15) is 4.39 Å². The summed E-state index contributed by atoms with van der Waals surface area (Å²) in [5.41, 5.74) is 0. The van der Waals surface area contributed by atoms with Crippen LogP contribution < -0.4 is 0 Å². The fraction of sp³-hybridized carbons (Fsp3) is 0.250. The van der Waals surface area contributed by atoms with E-state index in [4.69, 9.17) is 0 Å². The van der Waals surface area contributed by atoms with Crippen LogP contribution in [0.15, 0.2) is 12.3 Å². The van der Waals surface area contributed by atoms with Gasteiger partial charge in [0, 0.05) is 12.3 Å². The van der Waals surface area contributed by atoms with Crippen molar-refractivity contribution in [2.24, 2.45) is 0 Å². The van der Waals surface area contributed by atoms with E-state index in [-0.39, 0.29) is 0 Å². The minimum absolute atomic E-state index is 0.411. The standard InChI is InChI=1S/C8H7FN2/c1-2-3-4-8-10-6-5-7(9)11-8/h5-6H,4H2,1H3. The quantitative estimate of drug-likeness (QED) is 0.443. The lowest BCUT2D eigenvalue weighted by Gasteiger charge is -1.90. The molecular formula is C8H7FN2. The maximum absolute atomic E-state index is 12.4. The molecule has 0 bridgehead atoms. The number of rotatable bonds is 1. The molecule has 0 aliphatic carbocycles. The van der Waals surface area contributed by atoms with Crippen molar-refractivity contribution in [3.63, 3.8) is 0 Å². The maximum atomic E-state index is 12.4. The molecule has 0 N–H and O–H groups in total. The summed E-state index contributed by atoms with van der Waals surface area (Å²) in [6.45, 7) is 1.72. The molecule has 0 aromatic carbocycles. The van der Waals surface area contributed by atoms with Crippen LogP contribution in [-0.4, -0.2) is 9.97 Å². The van der Waals surface area contributed by atoms with Gasteiger partial charge in [-0.25, -0.2) is 9.97 Å². The van der Waals surface area contributed by atoms with E-state index in [1.54, 1.807) is 6.92 Å². The van der Waals surface area contributed by atoms with Crippen molar-refractivity contribution >= 4 is 0 Å². The van der Waals surface area contributed by atoms with E-state index < -0.39 is 5.95 Å². The number of hydrogen-bond acceptors (Lipinski definition) is 2. The minimum Gasteiger partial charge on any atom is -0.240 e. The predicted octanol–water partition coefficient (Wildman–Crippen LogP) is 1.18. The van der Waals surface area contributed by atoms with Gasteiger partial charge in [0.05, 0.1) is 6.42 Å². The van der Waals surface area contributed by atoms with Crippen molar-refractivity contribution in [2.45, 2.75) is 13.3 Å². The summed E-state index contributed by atoms with van der Waals surface area (Å²) in [7, 11) is 0. The van der Waals surface area contributed by atoms with Crippen molar-refractivity contribution in [2.75, 3.05) is 0 Å². The van der Waals surface area contributed by atoms with Crippen molar-refractivity contribution in [3.05, 3.63) is 24.0 Å².